The molecule has 1 aliphatic heterocycles. The lowest BCUT2D eigenvalue weighted by molar-refractivity contribution is 0.148. The molecule has 3 rings (SSSR count). The van der Waals surface area contributed by atoms with E-state index in [0.29, 0.717) is 31.2 Å². The highest BCUT2D eigenvalue weighted by Crippen LogP contribution is 2.22. The fourth-order valence-electron chi connectivity index (χ4n) is 2.44. The van der Waals surface area contributed by atoms with E-state index in [9.17, 15) is 8.42 Å². The minimum Gasteiger partial charge on any atom is -0.380 e. The molecule has 0 amide bonds. The number of benzene rings is 2. The Labute approximate surface area is 119 Å². The molecular weight excluding hydrogens is 274 g/mol. The maximum atomic E-state index is 12.7. The average molecular weight is 291 g/mol. The van der Waals surface area contributed by atoms with E-state index >= 15 is 0 Å². The van der Waals surface area contributed by atoms with E-state index < -0.39 is 10.0 Å². The maximum absolute atomic E-state index is 12.7. The van der Waals surface area contributed by atoms with Crippen LogP contribution < -0.4 is 0 Å². The first-order valence-electron chi connectivity index (χ1n) is 6.75. The van der Waals surface area contributed by atoms with Gasteiger partial charge >= 0.3 is 0 Å². The van der Waals surface area contributed by atoms with Crippen LogP contribution in [0.5, 0.6) is 0 Å². The first-order chi connectivity index (χ1) is 9.68. The molecule has 1 heterocycles. The molecule has 0 N–H and O–H groups in total. The Balaban J connectivity index is 1.99. The highest BCUT2D eigenvalue weighted by atomic mass is 32.2. The number of hydrogen-bond donors (Lipinski definition) is 0. The summed E-state index contributed by atoms with van der Waals surface area (Å²) in [6.07, 6.45) is 0.743. The van der Waals surface area contributed by atoms with Crippen molar-refractivity contribution in [2.45, 2.75) is 11.3 Å². The molecular formula is C15H17NO3S. The smallest absolute Gasteiger partial charge is 0.243 e. The third-order valence-corrected chi connectivity index (χ3v) is 5.43. The molecule has 1 aliphatic rings. The van der Waals surface area contributed by atoms with Gasteiger partial charge in [0.1, 0.15) is 0 Å². The summed E-state index contributed by atoms with van der Waals surface area (Å²) in [5.41, 5.74) is 0. The second-order valence-corrected chi connectivity index (χ2v) is 6.82. The van der Waals surface area contributed by atoms with Gasteiger partial charge in [0.2, 0.25) is 10.0 Å². The van der Waals surface area contributed by atoms with Crippen molar-refractivity contribution in [3.05, 3.63) is 42.5 Å². The van der Waals surface area contributed by atoms with Gasteiger partial charge in [-0.15, -0.1) is 0 Å². The molecule has 0 saturated carbocycles. The zero-order valence-corrected chi connectivity index (χ0v) is 12.0. The van der Waals surface area contributed by atoms with E-state index in [1.165, 1.54) is 4.31 Å². The lowest BCUT2D eigenvalue weighted by Gasteiger charge is -2.19. The fourth-order valence-corrected chi connectivity index (χ4v) is 3.94. The van der Waals surface area contributed by atoms with E-state index in [2.05, 4.69) is 0 Å². The van der Waals surface area contributed by atoms with Crippen LogP contribution in [0.25, 0.3) is 10.8 Å². The van der Waals surface area contributed by atoms with E-state index in [0.717, 1.165) is 17.2 Å². The van der Waals surface area contributed by atoms with Gasteiger partial charge in [-0.1, -0.05) is 30.3 Å². The maximum Gasteiger partial charge on any atom is 0.243 e. The molecule has 2 aromatic carbocycles. The lowest BCUT2D eigenvalue weighted by atomic mass is 10.1. The summed E-state index contributed by atoms with van der Waals surface area (Å²) in [6.45, 7) is 2.04. The van der Waals surface area contributed by atoms with Gasteiger partial charge in [-0.3, -0.25) is 0 Å². The number of nitrogens with zero attached hydrogens (tertiary/aromatic N) is 1. The Kier molecular flexibility index (Phi) is 3.74. The fraction of sp³-hybridized carbons (Fsp3) is 0.333. The summed E-state index contributed by atoms with van der Waals surface area (Å²) < 4.78 is 32.1. The Hall–Kier alpha value is -1.43. The SMILES string of the molecule is O=S(=O)(c1ccc2ccccc2c1)N1CCCOCC1. The van der Waals surface area contributed by atoms with Gasteiger partial charge in [-0.2, -0.15) is 4.31 Å². The molecule has 0 atom stereocenters. The summed E-state index contributed by atoms with van der Waals surface area (Å²) in [5, 5.41) is 1.99. The topological polar surface area (TPSA) is 46.6 Å². The predicted molar refractivity (Wildman–Crippen MR) is 78.1 cm³/mol. The number of rotatable bonds is 2. The van der Waals surface area contributed by atoms with E-state index in [4.69, 9.17) is 4.74 Å². The van der Waals surface area contributed by atoms with Gasteiger partial charge in [-0.25, -0.2) is 8.42 Å². The van der Waals surface area contributed by atoms with Gasteiger partial charge < -0.3 is 4.74 Å². The molecule has 0 unspecified atom stereocenters. The molecule has 2 aromatic rings. The summed E-state index contributed by atoms with van der Waals surface area (Å²) in [5.74, 6) is 0. The van der Waals surface area contributed by atoms with Gasteiger partial charge in [-0.05, 0) is 29.3 Å². The van der Waals surface area contributed by atoms with Gasteiger partial charge in [0.05, 0.1) is 11.5 Å². The largest absolute Gasteiger partial charge is 0.380 e. The third-order valence-electron chi connectivity index (χ3n) is 3.54. The summed E-state index contributed by atoms with van der Waals surface area (Å²) >= 11 is 0. The van der Waals surface area contributed by atoms with Gasteiger partial charge in [0, 0.05) is 19.7 Å². The molecule has 1 fully saturated rings. The molecule has 5 heteroatoms. The average Bonchev–Trinajstić information content (AvgIpc) is 2.76. The van der Waals surface area contributed by atoms with E-state index in [1.54, 1.807) is 12.1 Å². The van der Waals surface area contributed by atoms with Crippen molar-refractivity contribution < 1.29 is 13.2 Å². The van der Waals surface area contributed by atoms with E-state index in [-0.39, 0.29) is 0 Å². The van der Waals surface area contributed by atoms with Crippen molar-refractivity contribution in [1.29, 1.82) is 0 Å². The molecule has 0 radical (unpaired) electrons. The minimum atomic E-state index is -3.42. The lowest BCUT2D eigenvalue weighted by Crippen LogP contribution is -2.33. The van der Waals surface area contributed by atoms with Crippen LogP contribution in [-0.2, 0) is 14.8 Å². The van der Waals surface area contributed by atoms with Crippen molar-refractivity contribution in [2.75, 3.05) is 26.3 Å². The van der Waals surface area contributed by atoms with Crippen molar-refractivity contribution in [1.82, 2.24) is 4.31 Å². The van der Waals surface area contributed by atoms with Crippen LogP contribution in [0.4, 0.5) is 0 Å². The zero-order valence-electron chi connectivity index (χ0n) is 11.2. The van der Waals surface area contributed by atoms with Crippen molar-refractivity contribution in [3.8, 4) is 0 Å². The van der Waals surface area contributed by atoms with Crippen molar-refractivity contribution in [2.24, 2.45) is 0 Å². The van der Waals surface area contributed by atoms with E-state index in [1.807, 2.05) is 30.3 Å². The molecule has 1 saturated heterocycles. The number of sulfonamides is 1. The van der Waals surface area contributed by atoms with Crippen LogP contribution in [-0.4, -0.2) is 39.0 Å². The van der Waals surface area contributed by atoms with Crippen LogP contribution in [0.1, 0.15) is 6.42 Å². The monoisotopic (exact) mass is 291 g/mol. The Morgan fingerprint density at radius 1 is 0.950 bits per heavy atom. The normalized spacial score (nSPS) is 18.0. The number of ether oxygens (including phenoxy) is 1. The number of fused-ring (bicyclic) bond motifs is 1. The number of hydrogen-bond acceptors (Lipinski definition) is 3. The Bertz CT molecular complexity index is 704. The highest BCUT2D eigenvalue weighted by Gasteiger charge is 2.25. The molecule has 0 aromatic heterocycles. The summed E-state index contributed by atoms with van der Waals surface area (Å²) in [7, 11) is -3.42. The van der Waals surface area contributed by atoms with Crippen LogP contribution in [0.15, 0.2) is 47.4 Å². The quantitative estimate of drug-likeness (QED) is 0.852. The van der Waals surface area contributed by atoms with Crippen LogP contribution in [0.3, 0.4) is 0 Å². The second kappa shape index (κ2) is 5.52. The minimum absolute atomic E-state index is 0.359. The molecule has 0 spiro atoms. The van der Waals surface area contributed by atoms with Crippen LogP contribution >= 0.6 is 0 Å². The molecule has 106 valence electrons. The highest BCUT2D eigenvalue weighted by molar-refractivity contribution is 7.89. The molecule has 4 nitrogen and oxygen atoms in total. The Morgan fingerprint density at radius 3 is 2.60 bits per heavy atom. The standard InChI is InChI=1S/C15H17NO3S/c17-20(18,16-8-3-10-19-11-9-16)15-7-6-13-4-1-2-5-14(13)12-15/h1-2,4-7,12H,3,8-11H2. The first-order valence-corrected chi connectivity index (χ1v) is 8.19. The summed E-state index contributed by atoms with van der Waals surface area (Å²) in [4.78, 5) is 0.359. The molecule has 0 aliphatic carbocycles. The Morgan fingerprint density at radius 2 is 1.75 bits per heavy atom. The van der Waals surface area contributed by atoms with Crippen LogP contribution in [0, 0.1) is 0 Å². The second-order valence-electron chi connectivity index (χ2n) is 4.88. The first kappa shape index (κ1) is 13.5. The summed E-state index contributed by atoms with van der Waals surface area (Å²) in [6, 6.07) is 13.1. The van der Waals surface area contributed by atoms with Gasteiger partial charge in [0.15, 0.2) is 0 Å². The van der Waals surface area contributed by atoms with Crippen LogP contribution in [0.2, 0.25) is 0 Å². The molecule has 20 heavy (non-hydrogen) atoms. The van der Waals surface area contributed by atoms with Crippen molar-refractivity contribution in [3.63, 3.8) is 0 Å². The van der Waals surface area contributed by atoms with Gasteiger partial charge in [0.25, 0.3) is 0 Å². The predicted octanol–water partition coefficient (Wildman–Crippen LogP) is 2.25. The zero-order chi connectivity index (χ0) is 14.0. The third kappa shape index (κ3) is 2.57. The molecule has 0 bridgehead atoms. The van der Waals surface area contributed by atoms with Crippen molar-refractivity contribution >= 4 is 20.8 Å².